The van der Waals surface area contributed by atoms with Crippen molar-refractivity contribution in [3.8, 4) is 0 Å². The van der Waals surface area contributed by atoms with Crippen LogP contribution in [0, 0.1) is 0 Å². The Labute approximate surface area is 101 Å². The number of alkyl halides is 1. The number of carbonyl (C=O) groups excluding carboxylic acids is 1. The molecule has 1 aliphatic heterocycles. The van der Waals surface area contributed by atoms with Gasteiger partial charge in [0.25, 0.3) is 5.91 Å². The summed E-state index contributed by atoms with van der Waals surface area (Å²) in [5, 5.41) is 0. The second-order valence-corrected chi connectivity index (χ2v) is 5.64. The molecule has 1 aromatic rings. The first kappa shape index (κ1) is 12.1. The van der Waals surface area contributed by atoms with E-state index in [9.17, 15) is 9.18 Å². The van der Waals surface area contributed by atoms with E-state index in [4.69, 9.17) is 0 Å². The highest BCUT2D eigenvalue weighted by Crippen LogP contribution is 2.24. The summed E-state index contributed by atoms with van der Waals surface area (Å²) in [5.41, 5.74) is 1.80. The molecular weight excluding hydrogens is 217 g/mol. The summed E-state index contributed by atoms with van der Waals surface area (Å²) in [6.45, 7) is 6.80. The monoisotopic (exact) mass is 235 g/mol. The molecule has 1 fully saturated rings. The molecule has 2 nitrogen and oxygen atoms in total. The highest BCUT2D eigenvalue weighted by molar-refractivity contribution is 5.95. The topological polar surface area (TPSA) is 20.3 Å². The van der Waals surface area contributed by atoms with Gasteiger partial charge in [-0.3, -0.25) is 4.79 Å². The fourth-order valence-electron chi connectivity index (χ4n) is 1.89. The number of likely N-dealkylation sites (tertiary alicyclic amines) is 1. The van der Waals surface area contributed by atoms with E-state index in [1.807, 2.05) is 18.2 Å². The van der Waals surface area contributed by atoms with Crippen molar-refractivity contribution in [1.29, 1.82) is 0 Å². The first-order chi connectivity index (χ1) is 7.88. The molecule has 0 bridgehead atoms. The van der Waals surface area contributed by atoms with Gasteiger partial charge in [-0.25, -0.2) is 4.39 Å². The lowest BCUT2D eigenvalue weighted by Crippen LogP contribution is -2.51. The fourth-order valence-corrected chi connectivity index (χ4v) is 1.89. The predicted octanol–water partition coefficient (Wildman–Crippen LogP) is 2.78. The third-order valence-electron chi connectivity index (χ3n) is 3.10. The summed E-state index contributed by atoms with van der Waals surface area (Å²) in [7, 11) is 0. The van der Waals surface area contributed by atoms with Gasteiger partial charge in [0.1, 0.15) is 6.17 Å². The van der Waals surface area contributed by atoms with Gasteiger partial charge in [0.15, 0.2) is 0 Å². The number of amides is 1. The van der Waals surface area contributed by atoms with E-state index in [2.05, 4.69) is 20.8 Å². The molecule has 0 aliphatic carbocycles. The van der Waals surface area contributed by atoms with E-state index in [0.29, 0.717) is 5.56 Å². The Morgan fingerprint density at radius 2 is 2.00 bits per heavy atom. The van der Waals surface area contributed by atoms with Crippen molar-refractivity contribution < 1.29 is 9.18 Å². The Morgan fingerprint density at radius 1 is 1.35 bits per heavy atom. The maximum atomic E-state index is 12.7. The van der Waals surface area contributed by atoms with Crippen molar-refractivity contribution >= 4 is 5.91 Å². The predicted molar refractivity (Wildman–Crippen MR) is 65.9 cm³/mol. The van der Waals surface area contributed by atoms with E-state index in [1.54, 1.807) is 11.0 Å². The van der Waals surface area contributed by atoms with Gasteiger partial charge in [0.05, 0.1) is 13.1 Å². The summed E-state index contributed by atoms with van der Waals surface area (Å²) in [5.74, 6) is -0.0648. The number of carbonyl (C=O) groups is 1. The zero-order valence-corrected chi connectivity index (χ0v) is 10.5. The Balaban J connectivity index is 2.19. The molecule has 1 heterocycles. The van der Waals surface area contributed by atoms with E-state index < -0.39 is 6.17 Å². The van der Waals surface area contributed by atoms with Gasteiger partial charge in [-0.15, -0.1) is 0 Å². The second kappa shape index (κ2) is 4.13. The van der Waals surface area contributed by atoms with Gasteiger partial charge in [-0.2, -0.15) is 0 Å². The van der Waals surface area contributed by atoms with E-state index in [-0.39, 0.29) is 24.4 Å². The van der Waals surface area contributed by atoms with Crippen LogP contribution in [0.2, 0.25) is 0 Å². The molecule has 0 saturated carbocycles. The van der Waals surface area contributed by atoms with Gasteiger partial charge in [-0.1, -0.05) is 32.9 Å². The SMILES string of the molecule is CC(C)(C)c1cccc(C(=O)N2CC(F)C2)c1. The summed E-state index contributed by atoms with van der Waals surface area (Å²) in [4.78, 5) is 13.6. The molecule has 2 rings (SSSR count). The molecule has 0 spiro atoms. The van der Waals surface area contributed by atoms with Gasteiger partial charge < -0.3 is 4.90 Å². The molecule has 0 N–H and O–H groups in total. The lowest BCUT2D eigenvalue weighted by molar-refractivity contribution is 0.0400. The Hall–Kier alpha value is -1.38. The summed E-state index contributed by atoms with van der Waals surface area (Å²) < 4.78 is 12.7. The average Bonchev–Trinajstić information content (AvgIpc) is 2.23. The average molecular weight is 235 g/mol. The van der Waals surface area contributed by atoms with Crippen LogP contribution in [0.3, 0.4) is 0 Å². The van der Waals surface area contributed by atoms with Crippen LogP contribution in [0.4, 0.5) is 4.39 Å². The maximum Gasteiger partial charge on any atom is 0.254 e. The molecule has 3 heteroatoms. The van der Waals surface area contributed by atoms with Crippen molar-refractivity contribution in [2.75, 3.05) is 13.1 Å². The van der Waals surface area contributed by atoms with Crippen LogP contribution in [-0.2, 0) is 5.41 Å². The number of hydrogen-bond donors (Lipinski definition) is 0. The number of hydrogen-bond acceptors (Lipinski definition) is 1. The largest absolute Gasteiger partial charge is 0.333 e. The molecule has 1 aromatic carbocycles. The lowest BCUT2D eigenvalue weighted by atomic mass is 9.86. The minimum Gasteiger partial charge on any atom is -0.333 e. The summed E-state index contributed by atoms with van der Waals surface area (Å²) >= 11 is 0. The smallest absolute Gasteiger partial charge is 0.254 e. The third-order valence-corrected chi connectivity index (χ3v) is 3.10. The summed E-state index contributed by atoms with van der Waals surface area (Å²) in [6.07, 6.45) is -0.843. The van der Waals surface area contributed by atoms with Crippen LogP contribution in [-0.4, -0.2) is 30.1 Å². The number of halogens is 1. The first-order valence-corrected chi connectivity index (χ1v) is 5.92. The van der Waals surface area contributed by atoms with Gasteiger partial charge in [0.2, 0.25) is 0 Å². The van der Waals surface area contributed by atoms with Crippen molar-refractivity contribution in [1.82, 2.24) is 4.90 Å². The molecular formula is C14H18FNO. The van der Waals surface area contributed by atoms with Crippen LogP contribution >= 0.6 is 0 Å². The van der Waals surface area contributed by atoms with Crippen molar-refractivity contribution in [3.63, 3.8) is 0 Å². The minimum absolute atomic E-state index is 0.0217. The highest BCUT2D eigenvalue weighted by Gasteiger charge is 2.31. The van der Waals surface area contributed by atoms with E-state index in [1.165, 1.54) is 0 Å². The van der Waals surface area contributed by atoms with Crippen molar-refractivity contribution in [2.24, 2.45) is 0 Å². The molecule has 0 aromatic heterocycles. The van der Waals surface area contributed by atoms with Crippen LogP contribution < -0.4 is 0 Å². The van der Waals surface area contributed by atoms with Crippen LogP contribution in [0.25, 0.3) is 0 Å². The molecule has 1 aliphatic rings. The normalized spacial score (nSPS) is 16.8. The Kier molecular flexibility index (Phi) is 2.94. The van der Waals surface area contributed by atoms with Gasteiger partial charge in [-0.05, 0) is 23.1 Å². The molecule has 17 heavy (non-hydrogen) atoms. The molecule has 1 saturated heterocycles. The zero-order valence-electron chi connectivity index (χ0n) is 10.5. The maximum absolute atomic E-state index is 12.7. The number of rotatable bonds is 1. The van der Waals surface area contributed by atoms with Crippen LogP contribution in [0.1, 0.15) is 36.7 Å². The standard InChI is InChI=1S/C14H18FNO/c1-14(2,3)11-6-4-5-10(7-11)13(17)16-8-12(15)9-16/h4-7,12H,8-9H2,1-3H3. The second-order valence-electron chi connectivity index (χ2n) is 5.64. The first-order valence-electron chi connectivity index (χ1n) is 5.92. The summed E-state index contributed by atoms with van der Waals surface area (Å²) in [6, 6.07) is 7.61. The van der Waals surface area contributed by atoms with E-state index in [0.717, 1.165) is 5.56 Å². The lowest BCUT2D eigenvalue weighted by Gasteiger charge is -2.34. The zero-order chi connectivity index (χ0) is 12.6. The van der Waals surface area contributed by atoms with Crippen LogP contribution in [0.15, 0.2) is 24.3 Å². The number of benzene rings is 1. The molecule has 0 radical (unpaired) electrons. The highest BCUT2D eigenvalue weighted by atomic mass is 19.1. The van der Waals surface area contributed by atoms with Crippen molar-refractivity contribution in [3.05, 3.63) is 35.4 Å². The van der Waals surface area contributed by atoms with Crippen LogP contribution in [0.5, 0.6) is 0 Å². The molecule has 0 unspecified atom stereocenters. The molecule has 1 amide bonds. The fraction of sp³-hybridized carbons (Fsp3) is 0.500. The molecule has 92 valence electrons. The van der Waals surface area contributed by atoms with E-state index >= 15 is 0 Å². The van der Waals surface area contributed by atoms with Gasteiger partial charge >= 0.3 is 0 Å². The quantitative estimate of drug-likeness (QED) is 0.733. The van der Waals surface area contributed by atoms with Gasteiger partial charge in [0, 0.05) is 5.56 Å². The molecule has 0 atom stereocenters. The third kappa shape index (κ3) is 2.48. The minimum atomic E-state index is -0.843. The Morgan fingerprint density at radius 3 is 2.53 bits per heavy atom. The Bertz CT molecular complexity index is 430. The number of nitrogens with zero attached hydrogens (tertiary/aromatic N) is 1. The van der Waals surface area contributed by atoms with Crippen molar-refractivity contribution in [2.45, 2.75) is 32.4 Å².